The van der Waals surface area contributed by atoms with E-state index in [-0.39, 0.29) is 36.5 Å². The van der Waals surface area contributed by atoms with Crippen LogP contribution in [0.5, 0.6) is 0 Å². The third-order valence-corrected chi connectivity index (χ3v) is 10.7. The first kappa shape index (κ1) is 30.5. The summed E-state index contributed by atoms with van der Waals surface area (Å²) in [5.41, 5.74) is 3.30. The van der Waals surface area contributed by atoms with Crippen molar-refractivity contribution in [1.29, 1.82) is 0 Å². The Labute approximate surface area is 273 Å². The fourth-order valence-electron chi connectivity index (χ4n) is 6.16. The quantitative estimate of drug-likeness (QED) is 0.248. The van der Waals surface area contributed by atoms with Gasteiger partial charge in [0.05, 0.1) is 49.7 Å². The molecule has 1 aliphatic carbocycles. The number of nitrogens with zero attached hydrogens (tertiary/aromatic N) is 8. The van der Waals surface area contributed by atoms with Gasteiger partial charge in [0.25, 0.3) is 0 Å². The van der Waals surface area contributed by atoms with Gasteiger partial charge in [-0.2, -0.15) is 0 Å². The maximum absolute atomic E-state index is 13.1. The highest BCUT2D eigenvalue weighted by Crippen LogP contribution is 2.43. The molecule has 0 radical (unpaired) electrons. The first-order valence-electron chi connectivity index (χ1n) is 15.6. The summed E-state index contributed by atoms with van der Waals surface area (Å²) in [5.74, 6) is 0.749. The minimum atomic E-state index is -0.782. The number of rotatable bonds is 10. The first-order chi connectivity index (χ1) is 22.3. The Morgan fingerprint density at radius 1 is 0.783 bits per heavy atom. The highest BCUT2D eigenvalue weighted by Gasteiger charge is 2.30. The smallest absolute Gasteiger partial charge is 0.232 e. The van der Waals surface area contributed by atoms with E-state index in [0.29, 0.717) is 40.7 Å². The minimum absolute atomic E-state index is 0.114. The van der Waals surface area contributed by atoms with Crippen molar-refractivity contribution in [1.82, 2.24) is 30.4 Å². The summed E-state index contributed by atoms with van der Waals surface area (Å²) in [7, 11) is 0. The molecule has 3 fully saturated rings. The molecule has 0 spiro atoms. The van der Waals surface area contributed by atoms with Gasteiger partial charge in [0.15, 0.2) is 0 Å². The molecule has 6 heterocycles. The van der Waals surface area contributed by atoms with E-state index >= 15 is 0 Å². The van der Waals surface area contributed by atoms with Crippen molar-refractivity contribution in [3.8, 4) is 0 Å². The predicted octanol–water partition coefficient (Wildman–Crippen LogP) is 4.60. The highest BCUT2D eigenvalue weighted by atomic mass is 32.1. The fraction of sp³-hybridized carbons (Fsp3) is 0.484. The lowest BCUT2D eigenvalue weighted by Gasteiger charge is -2.38. The van der Waals surface area contributed by atoms with Crippen LogP contribution in [0.3, 0.4) is 0 Å². The zero-order valence-electron chi connectivity index (χ0n) is 25.4. The van der Waals surface area contributed by atoms with E-state index in [9.17, 15) is 14.0 Å². The minimum Gasteiger partial charge on any atom is -0.370 e. The number of anilines is 4. The average Bonchev–Trinajstić information content (AvgIpc) is 3.69. The Balaban J connectivity index is 0.883. The Morgan fingerprint density at radius 3 is 1.72 bits per heavy atom. The molecule has 0 unspecified atom stereocenters. The number of hydrogen-bond donors (Lipinski definition) is 2. The third kappa shape index (κ3) is 7.15. The average molecular weight is 663 g/mol. The molecular weight excluding hydrogens is 628 g/mol. The van der Waals surface area contributed by atoms with Crippen LogP contribution < -0.4 is 20.4 Å². The van der Waals surface area contributed by atoms with Crippen LogP contribution in [0.25, 0.3) is 0 Å². The Hall–Kier alpha value is -4.11. The van der Waals surface area contributed by atoms with Crippen LogP contribution in [0.2, 0.25) is 0 Å². The van der Waals surface area contributed by atoms with Crippen LogP contribution in [0, 0.1) is 5.92 Å². The number of aromatic nitrogens is 6. The van der Waals surface area contributed by atoms with E-state index in [4.69, 9.17) is 0 Å². The van der Waals surface area contributed by atoms with Crippen molar-refractivity contribution in [2.24, 2.45) is 5.92 Å². The maximum atomic E-state index is 13.1. The molecule has 240 valence electrons. The SMILES string of the molecule is CC1CN(c2ccc(CC(=O)Nc3nnc([C@H]4CCC[C@H](c5nnc(NC(=O)Cc6ccc(N7CC(F)C7)cn6)s5)C4)s3)nc2)C1. The van der Waals surface area contributed by atoms with E-state index in [1.165, 1.54) is 22.7 Å². The molecule has 2 aliphatic heterocycles. The zero-order chi connectivity index (χ0) is 31.6. The van der Waals surface area contributed by atoms with Crippen LogP contribution in [-0.4, -0.2) is 74.5 Å². The predicted molar refractivity (Wildman–Crippen MR) is 175 cm³/mol. The Bertz CT molecular complexity index is 1550. The third-order valence-electron chi connectivity index (χ3n) is 8.68. The van der Waals surface area contributed by atoms with E-state index < -0.39 is 6.17 Å². The molecule has 4 aromatic heterocycles. The van der Waals surface area contributed by atoms with Crippen LogP contribution in [0.1, 0.15) is 65.8 Å². The van der Waals surface area contributed by atoms with Crippen LogP contribution in [-0.2, 0) is 22.4 Å². The molecule has 15 heteroatoms. The van der Waals surface area contributed by atoms with Crippen molar-refractivity contribution < 1.29 is 14.0 Å². The van der Waals surface area contributed by atoms with Crippen molar-refractivity contribution >= 4 is 56.1 Å². The van der Waals surface area contributed by atoms with Gasteiger partial charge in [0, 0.05) is 36.3 Å². The topological polar surface area (TPSA) is 142 Å². The highest BCUT2D eigenvalue weighted by molar-refractivity contribution is 7.15. The maximum Gasteiger partial charge on any atom is 0.232 e. The van der Waals surface area contributed by atoms with E-state index in [2.05, 4.69) is 52.8 Å². The molecule has 0 bridgehead atoms. The van der Waals surface area contributed by atoms with Gasteiger partial charge in [-0.15, -0.1) is 20.4 Å². The van der Waals surface area contributed by atoms with Gasteiger partial charge in [-0.3, -0.25) is 19.6 Å². The summed E-state index contributed by atoms with van der Waals surface area (Å²) >= 11 is 2.82. The molecule has 46 heavy (non-hydrogen) atoms. The van der Waals surface area contributed by atoms with Gasteiger partial charge in [-0.05, 0) is 49.4 Å². The van der Waals surface area contributed by atoms with Gasteiger partial charge in [0.2, 0.25) is 22.1 Å². The Kier molecular flexibility index (Phi) is 8.84. The molecule has 7 rings (SSSR count). The zero-order valence-corrected chi connectivity index (χ0v) is 27.1. The van der Waals surface area contributed by atoms with E-state index in [1.54, 1.807) is 12.3 Å². The van der Waals surface area contributed by atoms with Crippen molar-refractivity contribution in [2.45, 2.75) is 63.5 Å². The second-order valence-corrected chi connectivity index (χ2v) is 14.4. The van der Waals surface area contributed by atoms with Gasteiger partial charge in [-0.25, -0.2) is 4.39 Å². The van der Waals surface area contributed by atoms with Crippen LogP contribution >= 0.6 is 22.7 Å². The summed E-state index contributed by atoms with van der Waals surface area (Å²) < 4.78 is 13.1. The van der Waals surface area contributed by atoms with Gasteiger partial charge >= 0.3 is 0 Å². The number of nitrogens with one attached hydrogen (secondary N) is 2. The molecule has 0 aromatic carbocycles. The summed E-state index contributed by atoms with van der Waals surface area (Å²) in [6, 6.07) is 7.59. The number of halogens is 1. The summed E-state index contributed by atoms with van der Waals surface area (Å²) in [5, 5.41) is 25.8. The molecule has 3 aliphatic rings. The second-order valence-electron chi connectivity index (χ2n) is 12.4. The molecule has 2 N–H and O–H groups in total. The summed E-state index contributed by atoms with van der Waals surface area (Å²) in [6.45, 7) is 5.09. The number of pyridine rings is 2. The van der Waals surface area contributed by atoms with Gasteiger partial charge < -0.3 is 20.4 Å². The molecule has 4 aromatic rings. The molecule has 1 saturated carbocycles. The largest absolute Gasteiger partial charge is 0.370 e. The summed E-state index contributed by atoms with van der Waals surface area (Å²) in [4.78, 5) is 38.4. The fourth-order valence-corrected chi connectivity index (χ4v) is 7.97. The van der Waals surface area contributed by atoms with Gasteiger partial charge in [0.1, 0.15) is 16.2 Å². The lowest BCUT2D eigenvalue weighted by Crippen LogP contribution is -2.48. The van der Waals surface area contributed by atoms with Crippen LogP contribution in [0.4, 0.5) is 26.0 Å². The number of alkyl halides is 1. The number of carbonyl (C=O) groups is 2. The van der Waals surface area contributed by atoms with Crippen molar-refractivity contribution in [3.63, 3.8) is 0 Å². The molecule has 12 nitrogen and oxygen atoms in total. The lowest BCUT2D eigenvalue weighted by molar-refractivity contribution is -0.116. The van der Waals surface area contributed by atoms with Crippen molar-refractivity contribution in [2.75, 3.05) is 46.6 Å². The molecular formula is C31H35FN10O2S2. The van der Waals surface area contributed by atoms with E-state index in [1.807, 2.05) is 29.3 Å². The normalized spacial score (nSPS) is 20.2. The second kappa shape index (κ2) is 13.3. The number of hydrogen-bond acceptors (Lipinski definition) is 12. The van der Waals surface area contributed by atoms with Gasteiger partial charge in [-0.1, -0.05) is 36.0 Å². The molecule has 2 amide bonds. The summed E-state index contributed by atoms with van der Waals surface area (Å²) in [6.07, 6.45) is 6.87. The monoisotopic (exact) mass is 662 g/mol. The Morgan fingerprint density at radius 2 is 1.28 bits per heavy atom. The van der Waals surface area contributed by atoms with Crippen molar-refractivity contribution in [3.05, 3.63) is 58.1 Å². The first-order valence-corrected chi connectivity index (χ1v) is 17.3. The van der Waals surface area contributed by atoms with E-state index in [0.717, 1.165) is 60.2 Å². The standard InChI is InChI=1S/C31H35FN10O2S2/c1-18-14-41(15-18)24-7-5-22(33-12-24)10-26(43)35-30-39-37-28(45-30)19-3-2-4-20(9-19)29-38-40-31(46-29)36-27(44)11-23-6-8-25(13-34-23)42-16-21(32)17-42/h5-8,12-13,18-21H,2-4,9-11,14-17H2,1H3,(H,35,39,43)(H,36,40,44)/t19-,20-/m0/s1. The molecule has 2 saturated heterocycles. The lowest BCUT2D eigenvalue weighted by atomic mass is 9.82. The number of amides is 2. The number of carbonyl (C=O) groups excluding carboxylic acids is 2. The van der Waals surface area contributed by atoms with Crippen LogP contribution in [0.15, 0.2) is 36.7 Å². The molecule has 2 atom stereocenters.